The maximum atomic E-state index is 5.76. The fraction of sp³-hybridized carbons (Fsp3) is 0.167. The molecule has 0 spiro atoms. The highest BCUT2D eigenvalue weighted by molar-refractivity contribution is 5.53. The summed E-state index contributed by atoms with van der Waals surface area (Å²) in [6, 6.07) is 17.6. The Labute approximate surface area is 129 Å². The maximum Gasteiger partial charge on any atom is 0.226 e. The molecule has 22 heavy (non-hydrogen) atoms. The van der Waals surface area contributed by atoms with Crippen molar-refractivity contribution in [3.8, 4) is 17.2 Å². The fourth-order valence-corrected chi connectivity index (χ4v) is 2.14. The third-order valence-corrected chi connectivity index (χ3v) is 3.45. The summed E-state index contributed by atoms with van der Waals surface area (Å²) >= 11 is 0. The number of oxazole rings is 1. The van der Waals surface area contributed by atoms with Gasteiger partial charge in [0.15, 0.2) is 0 Å². The highest BCUT2D eigenvalue weighted by atomic mass is 16.5. The Bertz CT molecular complexity index is 734. The fourth-order valence-electron chi connectivity index (χ4n) is 2.14. The zero-order valence-corrected chi connectivity index (χ0v) is 12.5. The molecule has 0 fully saturated rings. The second-order valence-electron chi connectivity index (χ2n) is 5.02. The van der Waals surface area contributed by atoms with Gasteiger partial charge in [-0.15, -0.1) is 0 Å². The minimum Gasteiger partial charge on any atom is -0.487 e. The third kappa shape index (κ3) is 3.18. The molecule has 1 heterocycles. The number of hydrogen-bond donors (Lipinski definition) is 1. The molecule has 0 saturated heterocycles. The lowest BCUT2D eigenvalue weighted by Crippen LogP contribution is -1.99. The Kier molecular flexibility index (Phi) is 4.21. The minimum absolute atomic E-state index is 0.379. The molecule has 0 bridgehead atoms. The van der Waals surface area contributed by atoms with Crippen LogP contribution in [-0.2, 0) is 13.2 Å². The summed E-state index contributed by atoms with van der Waals surface area (Å²) in [4.78, 5) is 4.52. The Morgan fingerprint density at radius 2 is 1.77 bits per heavy atom. The lowest BCUT2D eigenvalue weighted by Gasteiger charge is -2.05. The molecule has 0 atom stereocenters. The normalized spacial score (nSPS) is 10.6. The van der Waals surface area contributed by atoms with E-state index in [1.807, 2.05) is 61.5 Å². The van der Waals surface area contributed by atoms with Gasteiger partial charge in [-0.2, -0.15) is 0 Å². The van der Waals surface area contributed by atoms with Crippen LogP contribution in [0, 0.1) is 6.92 Å². The minimum atomic E-state index is 0.379. The predicted molar refractivity (Wildman–Crippen MR) is 85.3 cm³/mol. The van der Waals surface area contributed by atoms with E-state index in [1.165, 1.54) is 0 Å². The van der Waals surface area contributed by atoms with E-state index < -0.39 is 0 Å². The van der Waals surface area contributed by atoms with Crippen LogP contribution in [0.15, 0.2) is 59.0 Å². The van der Waals surface area contributed by atoms with E-state index in [0.29, 0.717) is 19.0 Å². The van der Waals surface area contributed by atoms with Crippen LogP contribution in [0.25, 0.3) is 11.5 Å². The van der Waals surface area contributed by atoms with Crippen LogP contribution in [0.1, 0.15) is 17.0 Å². The summed E-state index contributed by atoms with van der Waals surface area (Å²) in [5.41, 5.74) is 8.43. The van der Waals surface area contributed by atoms with Gasteiger partial charge in [-0.1, -0.05) is 30.3 Å². The molecule has 112 valence electrons. The van der Waals surface area contributed by atoms with Crippen molar-refractivity contribution in [3.05, 3.63) is 71.6 Å². The van der Waals surface area contributed by atoms with Gasteiger partial charge in [-0.25, -0.2) is 4.98 Å². The average Bonchev–Trinajstić information content (AvgIpc) is 2.95. The van der Waals surface area contributed by atoms with Crippen LogP contribution < -0.4 is 10.5 Å². The van der Waals surface area contributed by atoms with Gasteiger partial charge in [0.25, 0.3) is 0 Å². The number of hydrogen-bond acceptors (Lipinski definition) is 4. The van der Waals surface area contributed by atoms with Gasteiger partial charge in [0.2, 0.25) is 5.89 Å². The number of benzene rings is 2. The molecule has 0 amide bonds. The topological polar surface area (TPSA) is 61.3 Å². The zero-order chi connectivity index (χ0) is 15.4. The van der Waals surface area contributed by atoms with E-state index in [1.54, 1.807) is 0 Å². The second-order valence-corrected chi connectivity index (χ2v) is 5.02. The van der Waals surface area contributed by atoms with E-state index in [-0.39, 0.29) is 0 Å². The number of rotatable bonds is 5. The Morgan fingerprint density at radius 1 is 1.05 bits per heavy atom. The lowest BCUT2D eigenvalue weighted by molar-refractivity contribution is 0.299. The molecule has 0 saturated carbocycles. The summed E-state index contributed by atoms with van der Waals surface area (Å²) in [7, 11) is 0. The monoisotopic (exact) mass is 294 g/mol. The molecule has 0 aliphatic rings. The molecule has 0 aliphatic heterocycles. The molecule has 3 rings (SSSR count). The summed E-state index contributed by atoms with van der Waals surface area (Å²) in [5.74, 6) is 2.19. The van der Waals surface area contributed by atoms with Crippen LogP contribution in [0.3, 0.4) is 0 Å². The van der Waals surface area contributed by atoms with Gasteiger partial charge < -0.3 is 14.9 Å². The van der Waals surface area contributed by atoms with Gasteiger partial charge in [-0.3, -0.25) is 0 Å². The van der Waals surface area contributed by atoms with Crippen molar-refractivity contribution >= 4 is 0 Å². The molecule has 3 aromatic rings. The van der Waals surface area contributed by atoms with Crippen molar-refractivity contribution in [3.63, 3.8) is 0 Å². The molecule has 4 heteroatoms. The quantitative estimate of drug-likeness (QED) is 0.779. The lowest BCUT2D eigenvalue weighted by atomic mass is 10.2. The Morgan fingerprint density at radius 3 is 2.45 bits per heavy atom. The number of aromatic nitrogens is 1. The van der Waals surface area contributed by atoms with Crippen molar-refractivity contribution in [1.29, 1.82) is 0 Å². The van der Waals surface area contributed by atoms with E-state index in [4.69, 9.17) is 14.9 Å². The summed E-state index contributed by atoms with van der Waals surface area (Å²) in [5, 5.41) is 0. The molecule has 0 unspecified atom stereocenters. The van der Waals surface area contributed by atoms with E-state index in [0.717, 1.165) is 28.3 Å². The highest BCUT2D eigenvalue weighted by Crippen LogP contribution is 2.22. The van der Waals surface area contributed by atoms with Crippen molar-refractivity contribution in [2.45, 2.75) is 20.1 Å². The highest BCUT2D eigenvalue weighted by Gasteiger charge is 2.11. The SMILES string of the molecule is Cc1oc(-c2ccccc2)nc1COc1ccc(CN)cc1. The van der Waals surface area contributed by atoms with Crippen molar-refractivity contribution in [1.82, 2.24) is 4.98 Å². The number of aryl methyl sites for hydroxylation is 1. The van der Waals surface area contributed by atoms with Gasteiger partial charge in [0.1, 0.15) is 23.8 Å². The first-order valence-electron chi connectivity index (χ1n) is 7.20. The first-order chi connectivity index (χ1) is 10.8. The second kappa shape index (κ2) is 6.45. The Hall–Kier alpha value is -2.59. The molecule has 2 aromatic carbocycles. The van der Waals surface area contributed by atoms with Gasteiger partial charge in [0.05, 0.1) is 0 Å². The van der Waals surface area contributed by atoms with E-state index in [9.17, 15) is 0 Å². The van der Waals surface area contributed by atoms with Gasteiger partial charge >= 0.3 is 0 Å². The van der Waals surface area contributed by atoms with Crippen molar-refractivity contribution in [2.75, 3.05) is 0 Å². The van der Waals surface area contributed by atoms with Crippen molar-refractivity contribution < 1.29 is 9.15 Å². The first kappa shape index (κ1) is 14.4. The molecule has 1 aromatic heterocycles. The first-order valence-corrected chi connectivity index (χ1v) is 7.20. The van der Waals surface area contributed by atoms with Gasteiger partial charge in [0, 0.05) is 12.1 Å². The predicted octanol–water partition coefficient (Wildman–Crippen LogP) is 3.69. The summed E-state index contributed by atoms with van der Waals surface area (Å²) in [6.07, 6.45) is 0. The number of nitrogens with two attached hydrogens (primary N) is 1. The van der Waals surface area contributed by atoms with E-state index in [2.05, 4.69) is 4.98 Å². The molecule has 0 radical (unpaired) electrons. The summed E-state index contributed by atoms with van der Waals surface area (Å²) < 4.78 is 11.5. The third-order valence-electron chi connectivity index (χ3n) is 3.45. The average molecular weight is 294 g/mol. The van der Waals surface area contributed by atoms with Crippen LogP contribution in [0.5, 0.6) is 5.75 Å². The van der Waals surface area contributed by atoms with E-state index >= 15 is 0 Å². The standard InChI is InChI=1S/C18H18N2O2/c1-13-17(12-21-16-9-7-14(11-19)8-10-16)20-18(22-13)15-5-3-2-4-6-15/h2-10H,11-12,19H2,1H3. The number of nitrogens with zero attached hydrogens (tertiary/aromatic N) is 1. The van der Waals surface area contributed by atoms with Crippen LogP contribution in [0.2, 0.25) is 0 Å². The zero-order valence-electron chi connectivity index (χ0n) is 12.5. The van der Waals surface area contributed by atoms with Crippen LogP contribution in [0.4, 0.5) is 0 Å². The molecular weight excluding hydrogens is 276 g/mol. The summed E-state index contributed by atoms with van der Waals surface area (Å²) in [6.45, 7) is 2.81. The Balaban J connectivity index is 1.71. The molecular formula is C18H18N2O2. The number of ether oxygens (including phenoxy) is 1. The van der Waals surface area contributed by atoms with Crippen molar-refractivity contribution in [2.24, 2.45) is 5.73 Å². The smallest absolute Gasteiger partial charge is 0.226 e. The van der Waals surface area contributed by atoms with Gasteiger partial charge in [-0.05, 0) is 36.8 Å². The maximum absolute atomic E-state index is 5.76. The molecule has 2 N–H and O–H groups in total. The largest absolute Gasteiger partial charge is 0.487 e. The molecule has 0 aliphatic carbocycles. The van der Waals surface area contributed by atoms with Crippen LogP contribution in [-0.4, -0.2) is 4.98 Å². The molecule has 4 nitrogen and oxygen atoms in total. The van der Waals surface area contributed by atoms with Crippen LogP contribution >= 0.6 is 0 Å².